The van der Waals surface area contributed by atoms with E-state index in [-0.39, 0.29) is 11.9 Å². The molecular weight excluding hydrogens is 558 g/mol. The van der Waals surface area contributed by atoms with Crippen molar-refractivity contribution < 1.29 is 9.53 Å². The Bertz CT molecular complexity index is 751. The first kappa shape index (κ1) is 17.7. The average molecular weight is 571 g/mol. The van der Waals surface area contributed by atoms with Gasteiger partial charge in [-0.3, -0.25) is 4.79 Å². The first-order valence-corrected chi connectivity index (χ1v) is 10.4. The van der Waals surface area contributed by atoms with Gasteiger partial charge in [-0.2, -0.15) is 0 Å². The van der Waals surface area contributed by atoms with Gasteiger partial charge in [0.05, 0.1) is 25.2 Å². The van der Waals surface area contributed by atoms with Gasteiger partial charge in [0, 0.05) is 4.47 Å². The number of hydrogen-bond donors (Lipinski definition) is 1. The zero-order chi connectivity index (χ0) is 16.6. The molecule has 23 heavy (non-hydrogen) atoms. The standard InChI is InChI=1S/C16H13Br4NO2/c17-8-5-6-11(23-9-3-1-2-4-9)10(7-8)15(22)14-12(18)13(19)16(20)21-14/h5-7,9,21H,1-4H2. The van der Waals surface area contributed by atoms with Gasteiger partial charge in [0.15, 0.2) is 0 Å². The Morgan fingerprint density at radius 1 is 1.09 bits per heavy atom. The lowest BCUT2D eigenvalue weighted by Crippen LogP contribution is -2.14. The molecule has 0 spiro atoms. The summed E-state index contributed by atoms with van der Waals surface area (Å²) in [5.74, 6) is 0.524. The second-order valence-corrected chi connectivity index (χ2v) is 8.73. The van der Waals surface area contributed by atoms with Crippen LogP contribution in [0.3, 0.4) is 0 Å². The summed E-state index contributed by atoms with van der Waals surface area (Å²) in [5.41, 5.74) is 1.03. The molecule has 7 heteroatoms. The van der Waals surface area contributed by atoms with Crippen LogP contribution in [0, 0.1) is 0 Å². The number of benzene rings is 1. The molecule has 0 atom stereocenters. The van der Waals surface area contributed by atoms with Crippen molar-refractivity contribution in [1.29, 1.82) is 0 Å². The molecule has 0 aliphatic heterocycles. The Kier molecular flexibility index (Phi) is 5.71. The third-order valence-corrected chi connectivity index (χ3v) is 7.59. The van der Waals surface area contributed by atoms with Crippen LogP contribution in [0.5, 0.6) is 5.75 Å². The van der Waals surface area contributed by atoms with Crippen LogP contribution in [0.15, 0.2) is 36.2 Å². The van der Waals surface area contributed by atoms with Crippen molar-refractivity contribution in [3.8, 4) is 5.75 Å². The summed E-state index contributed by atoms with van der Waals surface area (Å²) in [4.78, 5) is 16.0. The summed E-state index contributed by atoms with van der Waals surface area (Å²) in [6.45, 7) is 0. The van der Waals surface area contributed by atoms with Crippen LogP contribution >= 0.6 is 63.7 Å². The first-order chi connectivity index (χ1) is 11.0. The number of aromatic amines is 1. The number of ketones is 1. The van der Waals surface area contributed by atoms with Crippen LogP contribution in [0.2, 0.25) is 0 Å². The van der Waals surface area contributed by atoms with Crippen molar-refractivity contribution in [2.75, 3.05) is 0 Å². The summed E-state index contributed by atoms with van der Waals surface area (Å²) < 4.78 is 9.14. The van der Waals surface area contributed by atoms with Crippen LogP contribution in [-0.2, 0) is 0 Å². The maximum Gasteiger partial charge on any atom is 0.214 e. The Morgan fingerprint density at radius 3 is 2.39 bits per heavy atom. The molecule has 1 N–H and O–H groups in total. The van der Waals surface area contributed by atoms with E-state index < -0.39 is 0 Å². The molecule has 1 aromatic carbocycles. The van der Waals surface area contributed by atoms with E-state index in [0.29, 0.717) is 21.5 Å². The molecule has 1 aliphatic carbocycles. The third-order valence-electron chi connectivity index (χ3n) is 3.85. The van der Waals surface area contributed by atoms with Gasteiger partial charge in [0.1, 0.15) is 11.4 Å². The Balaban J connectivity index is 1.98. The lowest BCUT2D eigenvalue weighted by molar-refractivity contribution is 0.102. The van der Waals surface area contributed by atoms with Crippen LogP contribution in [0.1, 0.15) is 41.7 Å². The Hall–Kier alpha value is -0.110. The number of carbonyl (C=O) groups excluding carboxylic acids is 1. The van der Waals surface area contributed by atoms with Crippen molar-refractivity contribution in [2.45, 2.75) is 31.8 Å². The van der Waals surface area contributed by atoms with Crippen molar-refractivity contribution in [2.24, 2.45) is 0 Å². The van der Waals surface area contributed by atoms with E-state index in [2.05, 4.69) is 68.7 Å². The molecule has 2 aromatic rings. The maximum absolute atomic E-state index is 13.0. The summed E-state index contributed by atoms with van der Waals surface area (Å²) in [7, 11) is 0. The minimum atomic E-state index is -0.113. The fraction of sp³-hybridized carbons (Fsp3) is 0.312. The number of nitrogens with one attached hydrogen (secondary N) is 1. The van der Waals surface area contributed by atoms with Crippen LogP contribution < -0.4 is 4.74 Å². The highest BCUT2D eigenvalue weighted by atomic mass is 79.9. The smallest absolute Gasteiger partial charge is 0.214 e. The number of aromatic nitrogens is 1. The molecule has 1 fully saturated rings. The van der Waals surface area contributed by atoms with Gasteiger partial charge in [-0.15, -0.1) is 0 Å². The molecule has 3 rings (SSSR count). The number of H-pyrrole nitrogens is 1. The summed E-state index contributed by atoms with van der Waals surface area (Å²) in [6, 6.07) is 5.56. The lowest BCUT2D eigenvalue weighted by atomic mass is 10.1. The van der Waals surface area contributed by atoms with Crippen molar-refractivity contribution >= 4 is 69.5 Å². The fourth-order valence-electron chi connectivity index (χ4n) is 2.68. The van der Waals surface area contributed by atoms with Crippen LogP contribution in [0.25, 0.3) is 0 Å². The highest BCUT2D eigenvalue weighted by Crippen LogP contribution is 2.37. The topological polar surface area (TPSA) is 42.1 Å². The van der Waals surface area contributed by atoms with Gasteiger partial charge >= 0.3 is 0 Å². The predicted molar refractivity (Wildman–Crippen MR) is 104 cm³/mol. The molecule has 1 aliphatic rings. The molecule has 0 amide bonds. The lowest BCUT2D eigenvalue weighted by Gasteiger charge is -2.16. The molecule has 1 heterocycles. The molecule has 122 valence electrons. The minimum absolute atomic E-state index is 0.113. The van der Waals surface area contributed by atoms with Crippen LogP contribution in [-0.4, -0.2) is 16.9 Å². The monoisotopic (exact) mass is 567 g/mol. The van der Waals surface area contributed by atoms with Crippen LogP contribution in [0.4, 0.5) is 0 Å². The minimum Gasteiger partial charge on any atom is -0.490 e. The van der Waals surface area contributed by atoms with Gasteiger partial charge in [0.25, 0.3) is 0 Å². The van der Waals surface area contributed by atoms with E-state index in [1.54, 1.807) is 0 Å². The normalized spacial score (nSPS) is 15.1. The van der Waals surface area contributed by atoms with Gasteiger partial charge in [-0.05, 0) is 91.7 Å². The molecule has 0 bridgehead atoms. The molecule has 0 radical (unpaired) electrons. The molecule has 1 aromatic heterocycles. The molecule has 0 unspecified atom stereocenters. The first-order valence-electron chi connectivity index (χ1n) is 7.20. The SMILES string of the molecule is O=C(c1cc(Br)ccc1OC1CCCC1)c1[nH]c(Br)c(Br)c1Br. The Labute approximate surface area is 168 Å². The number of carbonyl (C=O) groups is 1. The predicted octanol–water partition coefficient (Wildman–Crippen LogP) is 6.62. The average Bonchev–Trinajstić information content (AvgIpc) is 3.12. The van der Waals surface area contributed by atoms with E-state index in [9.17, 15) is 4.79 Å². The van der Waals surface area contributed by atoms with Crippen molar-refractivity contribution in [3.63, 3.8) is 0 Å². The van der Waals surface area contributed by atoms with E-state index in [1.807, 2.05) is 18.2 Å². The van der Waals surface area contributed by atoms with Gasteiger partial charge < -0.3 is 9.72 Å². The van der Waals surface area contributed by atoms with Gasteiger partial charge in [0.2, 0.25) is 5.78 Å². The maximum atomic E-state index is 13.0. The van der Waals surface area contributed by atoms with E-state index in [0.717, 1.165) is 26.4 Å². The largest absolute Gasteiger partial charge is 0.490 e. The summed E-state index contributed by atoms with van der Waals surface area (Å²) in [5, 5.41) is 0. The quantitative estimate of drug-likeness (QED) is 0.420. The van der Waals surface area contributed by atoms with Gasteiger partial charge in [-0.25, -0.2) is 0 Å². The molecule has 3 nitrogen and oxygen atoms in total. The second-order valence-electron chi connectivity index (χ2n) is 5.44. The highest BCUT2D eigenvalue weighted by molar-refractivity contribution is 9.14. The number of halogens is 4. The van der Waals surface area contributed by atoms with E-state index in [4.69, 9.17) is 4.74 Å². The van der Waals surface area contributed by atoms with E-state index in [1.165, 1.54) is 12.8 Å². The van der Waals surface area contributed by atoms with Crippen molar-refractivity contribution in [3.05, 3.63) is 47.5 Å². The second kappa shape index (κ2) is 7.42. The summed E-state index contributed by atoms with van der Waals surface area (Å²) >= 11 is 13.7. The third kappa shape index (κ3) is 3.78. The Morgan fingerprint density at radius 2 is 1.78 bits per heavy atom. The zero-order valence-corrected chi connectivity index (χ0v) is 18.3. The van der Waals surface area contributed by atoms with Gasteiger partial charge in [-0.1, -0.05) is 15.9 Å². The van der Waals surface area contributed by atoms with E-state index >= 15 is 0 Å². The fourth-order valence-corrected chi connectivity index (χ4v) is 4.48. The number of ether oxygens (including phenoxy) is 1. The molecule has 0 saturated heterocycles. The number of rotatable bonds is 4. The highest BCUT2D eigenvalue weighted by Gasteiger charge is 2.24. The molecular formula is C16H13Br4NO2. The van der Waals surface area contributed by atoms with Crippen molar-refractivity contribution in [1.82, 2.24) is 4.98 Å². The summed E-state index contributed by atoms with van der Waals surface area (Å²) in [6.07, 6.45) is 4.67. The molecule has 1 saturated carbocycles. The number of hydrogen-bond acceptors (Lipinski definition) is 2. The zero-order valence-electron chi connectivity index (χ0n) is 12.0.